The van der Waals surface area contributed by atoms with Crippen molar-refractivity contribution in [3.05, 3.63) is 42.0 Å². The van der Waals surface area contributed by atoms with Gasteiger partial charge in [0.25, 0.3) is 0 Å². The second kappa shape index (κ2) is 11.6. The summed E-state index contributed by atoms with van der Waals surface area (Å²) in [4.78, 5) is 20.6. The Hall–Kier alpha value is -3.00. The normalized spacial score (nSPS) is 10.1. The number of carboxylic acids is 2. The van der Waals surface area contributed by atoms with Gasteiger partial charge >= 0.3 is 11.9 Å². The van der Waals surface area contributed by atoms with E-state index in [0.717, 1.165) is 48.8 Å². The fourth-order valence-corrected chi connectivity index (χ4v) is 2.28. The average Bonchev–Trinajstić information content (AvgIpc) is 2.67. The minimum Gasteiger partial charge on any atom is -0.473 e. The lowest BCUT2D eigenvalue weighted by Gasteiger charge is -2.18. The molecule has 0 aliphatic carbocycles. The van der Waals surface area contributed by atoms with Crippen molar-refractivity contribution >= 4 is 17.8 Å². The molecular formula is C19H26N4O4. The molecule has 8 nitrogen and oxygen atoms in total. The van der Waals surface area contributed by atoms with Crippen LogP contribution in [0, 0.1) is 6.92 Å². The van der Waals surface area contributed by atoms with E-state index in [1.165, 1.54) is 0 Å². The standard InChI is InChI=1S/C17H24N4.C2H2O4/c1-4-21(5-2)12-11-18-17-14(3)13-16(19-20-17)15-9-7-6-8-10-15;3-1(4)2(5)6/h6-10,13H,4-5,11-12H2,1-3H3,(H,18,20);(H,3,4)(H,5,6). The van der Waals surface area contributed by atoms with Crippen LogP contribution in [-0.4, -0.2) is 63.4 Å². The predicted molar refractivity (Wildman–Crippen MR) is 104 cm³/mol. The Morgan fingerprint density at radius 3 is 2.11 bits per heavy atom. The van der Waals surface area contributed by atoms with E-state index in [4.69, 9.17) is 19.8 Å². The van der Waals surface area contributed by atoms with Crippen LogP contribution in [0.4, 0.5) is 5.82 Å². The first-order valence-electron chi connectivity index (χ1n) is 8.71. The number of benzene rings is 1. The third-order valence-electron chi connectivity index (χ3n) is 3.85. The van der Waals surface area contributed by atoms with Gasteiger partial charge in [0, 0.05) is 18.7 Å². The quantitative estimate of drug-likeness (QED) is 0.633. The van der Waals surface area contributed by atoms with Crippen LogP contribution in [0.1, 0.15) is 19.4 Å². The Balaban J connectivity index is 0.000000527. The smallest absolute Gasteiger partial charge is 0.414 e. The van der Waals surface area contributed by atoms with Crippen molar-refractivity contribution in [1.82, 2.24) is 15.1 Å². The first-order valence-corrected chi connectivity index (χ1v) is 8.71. The number of aromatic nitrogens is 2. The second-order valence-corrected chi connectivity index (χ2v) is 5.69. The van der Waals surface area contributed by atoms with E-state index < -0.39 is 11.9 Å². The first kappa shape index (κ1) is 22.0. The molecule has 146 valence electrons. The predicted octanol–water partition coefficient (Wildman–Crippen LogP) is 2.36. The number of nitrogens with zero attached hydrogens (tertiary/aromatic N) is 3. The third kappa shape index (κ3) is 7.83. The Morgan fingerprint density at radius 1 is 1.04 bits per heavy atom. The summed E-state index contributed by atoms with van der Waals surface area (Å²) in [5, 5.41) is 26.8. The van der Waals surface area contributed by atoms with Crippen molar-refractivity contribution in [2.45, 2.75) is 20.8 Å². The molecule has 1 aromatic carbocycles. The Morgan fingerprint density at radius 2 is 1.63 bits per heavy atom. The topological polar surface area (TPSA) is 116 Å². The first-order chi connectivity index (χ1) is 12.9. The van der Waals surface area contributed by atoms with Crippen LogP contribution in [0.25, 0.3) is 11.3 Å². The number of nitrogens with one attached hydrogen (secondary N) is 1. The average molecular weight is 374 g/mol. The molecule has 8 heteroatoms. The molecule has 1 aromatic heterocycles. The Labute approximate surface area is 158 Å². The minimum absolute atomic E-state index is 0.877. The Bertz CT molecular complexity index is 722. The highest BCUT2D eigenvalue weighted by Crippen LogP contribution is 2.19. The summed E-state index contributed by atoms with van der Waals surface area (Å²) >= 11 is 0. The highest BCUT2D eigenvalue weighted by atomic mass is 16.4. The van der Waals surface area contributed by atoms with Gasteiger partial charge < -0.3 is 20.4 Å². The summed E-state index contributed by atoms with van der Waals surface area (Å²) in [6.45, 7) is 10.5. The number of carbonyl (C=O) groups is 2. The van der Waals surface area contributed by atoms with Gasteiger partial charge in [0.05, 0.1) is 5.69 Å². The maximum absolute atomic E-state index is 9.10. The maximum Gasteiger partial charge on any atom is 0.414 e. The molecule has 0 bridgehead atoms. The SMILES string of the molecule is CCN(CC)CCNc1nnc(-c2ccccc2)cc1C.O=C(O)C(=O)O. The molecule has 0 saturated heterocycles. The molecule has 0 fully saturated rings. The van der Waals surface area contributed by atoms with Crippen molar-refractivity contribution in [2.24, 2.45) is 0 Å². The van der Waals surface area contributed by atoms with Gasteiger partial charge in [-0.3, -0.25) is 0 Å². The molecule has 0 aliphatic rings. The number of likely N-dealkylation sites (N-methyl/N-ethyl adjacent to an activating group) is 1. The monoisotopic (exact) mass is 374 g/mol. The molecule has 0 spiro atoms. The van der Waals surface area contributed by atoms with Crippen molar-refractivity contribution in [3.63, 3.8) is 0 Å². The summed E-state index contributed by atoms with van der Waals surface area (Å²) in [7, 11) is 0. The number of hydrogen-bond acceptors (Lipinski definition) is 6. The molecule has 0 aliphatic heterocycles. The zero-order valence-electron chi connectivity index (χ0n) is 15.8. The summed E-state index contributed by atoms with van der Waals surface area (Å²) < 4.78 is 0. The summed E-state index contributed by atoms with van der Waals surface area (Å²) in [6.07, 6.45) is 0. The number of rotatable bonds is 7. The minimum atomic E-state index is -1.82. The highest BCUT2D eigenvalue weighted by Gasteiger charge is 2.06. The fourth-order valence-electron chi connectivity index (χ4n) is 2.28. The van der Waals surface area contributed by atoms with Gasteiger partial charge in [-0.15, -0.1) is 10.2 Å². The summed E-state index contributed by atoms with van der Waals surface area (Å²) in [6, 6.07) is 12.2. The number of hydrogen-bond donors (Lipinski definition) is 3. The summed E-state index contributed by atoms with van der Waals surface area (Å²) in [5.41, 5.74) is 3.15. The van der Waals surface area contributed by atoms with E-state index in [0.29, 0.717) is 0 Å². The second-order valence-electron chi connectivity index (χ2n) is 5.69. The van der Waals surface area contributed by atoms with Crippen LogP contribution < -0.4 is 5.32 Å². The number of aryl methyl sites for hydroxylation is 1. The molecule has 1 heterocycles. The molecule has 2 rings (SSSR count). The summed E-state index contributed by atoms with van der Waals surface area (Å²) in [5.74, 6) is -2.77. The van der Waals surface area contributed by atoms with Crippen LogP contribution in [0.5, 0.6) is 0 Å². The van der Waals surface area contributed by atoms with E-state index >= 15 is 0 Å². The lowest BCUT2D eigenvalue weighted by atomic mass is 10.1. The number of aliphatic carboxylic acids is 2. The molecule has 27 heavy (non-hydrogen) atoms. The van der Waals surface area contributed by atoms with Crippen LogP contribution in [-0.2, 0) is 9.59 Å². The molecular weight excluding hydrogens is 348 g/mol. The van der Waals surface area contributed by atoms with Gasteiger partial charge in [0.15, 0.2) is 5.82 Å². The largest absolute Gasteiger partial charge is 0.473 e. The van der Waals surface area contributed by atoms with Gasteiger partial charge in [-0.2, -0.15) is 0 Å². The van der Waals surface area contributed by atoms with Gasteiger partial charge in [0.1, 0.15) is 0 Å². The lowest BCUT2D eigenvalue weighted by Crippen LogP contribution is -2.29. The van der Waals surface area contributed by atoms with Crippen molar-refractivity contribution < 1.29 is 19.8 Å². The molecule has 3 N–H and O–H groups in total. The van der Waals surface area contributed by atoms with Gasteiger partial charge in [-0.05, 0) is 31.6 Å². The van der Waals surface area contributed by atoms with Crippen molar-refractivity contribution in [1.29, 1.82) is 0 Å². The van der Waals surface area contributed by atoms with E-state index in [1.54, 1.807) is 0 Å². The number of carboxylic acid groups (broad SMARTS) is 2. The van der Waals surface area contributed by atoms with Crippen LogP contribution >= 0.6 is 0 Å². The molecule has 0 amide bonds. The zero-order chi connectivity index (χ0) is 20.2. The molecule has 0 atom stereocenters. The molecule has 2 aromatic rings. The number of anilines is 1. The molecule has 0 saturated carbocycles. The van der Waals surface area contributed by atoms with Crippen LogP contribution in [0.15, 0.2) is 36.4 Å². The van der Waals surface area contributed by atoms with Crippen molar-refractivity contribution in [3.8, 4) is 11.3 Å². The fraction of sp³-hybridized carbons (Fsp3) is 0.368. The Kier molecular flexibility index (Phi) is 9.46. The van der Waals surface area contributed by atoms with Crippen LogP contribution in [0.3, 0.4) is 0 Å². The van der Waals surface area contributed by atoms with E-state index in [9.17, 15) is 0 Å². The zero-order valence-corrected chi connectivity index (χ0v) is 15.8. The maximum atomic E-state index is 9.10. The molecule has 0 unspecified atom stereocenters. The van der Waals surface area contributed by atoms with Crippen LogP contribution in [0.2, 0.25) is 0 Å². The van der Waals surface area contributed by atoms with E-state index in [-0.39, 0.29) is 0 Å². The van der Waals surface area contributed by atoms with E-state index in [2.05, 4.69) is 59.4 Å². The van der Waals surface area contributed by atoms with Gasteiger partial charge in [-0.1, -0.05) is 44.2 Å². The van der Waals surface area contributed by atoms with Gasteiger partial charge in [0.2, 0.25) is 0 Å². The lowest BCUT2D eigenvalue weighted by molar-refractivity contribution is -0.159. The van der Waals surface area contributed by atoms with E-state index in [1.807, 2.05) is 18.2 Å². The van der Waals surface area contributed by atoms with Crippen molar-refractivity contribution in [2.75, 3.05) is 31.5 Å². The molecule has 0 radical (unpaired) electrons. The highest BCUT2D eigenvalue weighted by molar-refractivity contribution is 6.27. The third-order valence-corrected chi connectivity index (χ3v) is 3.85. The van der Waals surface area contributed by atoms with Gasteiger partial charge in [-0.25, -0.2) is 9.59 Å².